The molecule has 0 bridgehead atoms. The van der Waals surface area contributed by atoms with Crippen LogP contribution in [0.3, 0.4) is 0 Å². The Morgan fingerprint density at radius 1 is 1.21 bits per heavy atom. The molecule has 2 nitrogen and oxygen atoms in total. The van der Waals surface area contributed by atoms with Gasteiger partial charge in [0.15, 0.2) is 8.32 Å². The number of hydrogen-bond acceptors (Lipinski definition) is 2. The zero-order valence-corrected chi connectivity index (χ0v) is 14.8. The summed E-state index contributed by atoms with van der Waals surface area (Å²) in [6.45, 7) is 12.0. The lowest BCUT2D eigenvalue weighted by molar-refractivity contribution is 0.275. The van der Waals surface area contributed by atoms with Crippen LogP contribution in [0, 0.1) is 0 Å². The molecule has 0 fully saturated rings. The van der Waals surface area contributed by atoms with Crippen molar-refractivity contribution < 1.29 is 4.43 Å². The number of benzene rings is 1. The van der Waals surface area contributed by atoms with Crippen LogP contribution >= 0.6 is 23.2 Å². The molecule has 1 aromatic carbocycles. The minimum absolute atomic E-state index is 0.179. The van der Waals surface area contributed by atoms with Crippen molar-refractivity contribution in [2.24, 2.45) is 5.73 Å². The van der Waals surface area contributed by atoms with Crippen LogP contribution in [0.5, 0.6) is 0 Å². The maximum absolute atomic E-state index is 6.20. The van der Waals surface area contributed by atoms with Gasteiger partial charge in [-0.1, -0.05) is 44.0 Å². The van der Waals surface area contributed by atoms with Crippen LogP contribution < -0.4 is 5.73 Å². The lowest BCUT2D eigenvalue weighted by Gasteiger charge is -2.36. The van der Waals surface area contributed by atoms with Crippen molar-refractivity contribution in [1.82, 2.24) is 0 Å². The molecule has 0 saturated carbocycles. The Morgan fingerprint density at radius 2 is 1.79 bits per heavy atom. The van der Waals surface area contributed by atoms with E-state index in [-0.39, 0.29) is 5.04 Å². The van der Waals surface area contributed by atoms with Crippen molar-refractivity contribution in [3.8, 4) is 0 Å². The molecule has 1 rings (SSSR count). The first-order valence-corrected chi connectivity index (χ1v) is 10.1. The van der Waals surface area contributed by atoms with Crippen LogP contribution in [0.2, 0.25) is 28.2 Å². The first kappa shape index (κ1) is 17.0. The zero-order valence-electron chi connectivity index (χ0n) is 12.3. The summed E-state index contributed by atoms with van der Waals surface area (Å²) in [6.07, 6.45) is 0. The molecule has 0 aliphatic carbocycles. The van der Waals surface area contributed by atoms with Gasteiger partial charge >= 0.3 is 0 Å². The van der Waals surface area contributed by atoms with Gasteiger partial charge in [-0.25, -0.2) is 0 Å². The van der Waals surface area contributed by atoms with E-state index in [0.29, 0.717) is 23.2 Å². The molecule has 0 saturated heterocycles. The highest BCUT2D eigenvalue weighted by molar-refractivity contribution is 6.74. The van der Waals surface area contributed by atoms with E-state index in [1.165, 1.54) is 0 Å². The Labute approximate surface area is 127 Å². The molecule has 0 aliphatic heterocycles. The van der Waals surface area contributed by atoms with Gasteiger partial charge in [-0.05, 0) is 41.4 Å². The van der Waals surface area contributed by atoms with Gasteiger partial charge in [-0.2, -0.15) is 0 Å². The molecule has 0 spiro atoms. The average molecular weight is 320 g/mol. The normalized spacial score (nSPS) is 12.8. The van der Waals surface area contributed by atoms with E-state index in [0.717, 1.165) is 11.1 Å². The van der Waals surface area contributed by atoms with Gasteiger partial charge < -0.3 is 10.2 Å². The van der Waals surface area contributed by atoms with Gasteiger partial charge in [0.25, 0.3) is 0 Å². The summed E-state index contributed by atoms with van der Waals surface area (Å²) in [5, 5.41) is 1.41. The smallest absolute Gasteiger partial charge is 0.192 e. The standard InChI is InChI=1S/C14H23Cl2NOSi/c1-14(2,3)19(4,5)18-9-10-6-11(15)7-13(16)12(10)8-17/h6-7H,8-9,17H2,1-5H3. The molecule has 0 atom stereocenters. The molecule has 0 aromatic heterocycles. The highest BCUT2D eigenvalue weighted by atomic mass is 35.5. The third kappa shape index (κ3) is 4.20. The molecule has 1 aromatic rings. The number of nitrogens with two attached hydrogens (primary N) is 1. The second-order valence-corrected chi connectivity index (χ2v) is 11.9. The molecule has 0 radical (unpaired) electrons. The van der Waals surface area contributed by atoms with E-state index in [1.54, 1.807) is 6.07 Å². The van der Waals surface area contributed by atoms with Crippen LogP contribution in [-0.2, 0) is 17.6 Å². The lowest BCUT2D eigenvalue weighted by atomic mass is 10.1. The third-order valence-corrected chi connectivity index (χ3v) is 8.89. The van der Waals surface area contributed by atoms with E-state index in [9.17, 15) is 0 Å². The van der Waals surface area contributed by atoms with E-state index < -0.39 is 8.32 Å². The highest BCUT2D eigenvalue weighted by Crippen LogP contribution is 2.37. The maximum Gasteiger partial charge on any atom is 0.192 e. The Hall–Kier alpha value is -0.0631. The monoisotopic (exact) mass is 319 g/mol. The average Bonchev–Trinajstić information content (AvgIpc) is 2.24. The first-order valence-electron chi connectivity index (χ1n) is 6.39. The molecular weight excluding hydrogens is 297 g/mol. The van der Waals surface area contributed by atoms with Crippen molar-refractivity contribution in [2.75, 3.05) is 0 Å². The summed E-state index contributed by atoms with van der Waals surface area (Å²) < 4.78 is 6.20. The summed E-state index contributed by atoms with van der Waals surface area (Å²) in [6, 6.07) is 3.61. The molecule has 0 heterocycles. The van der Waals surface area contributed by atoms with Crippen LogP contribution in [0.1, 0.15) is 31.9 Å². The Kier molecular flexibility index (Phi) is 5.49. The predicted molar refractivity (Wildman–Crippen MR) is 86.3 cm³/mol. The van der Waals surface area contributed by atoms with Crippen LogP contribution in [0.15, 0.2) is 12.1 Å². The largest absolute Gasteiger partial charge is 0.413 e. The molecule has 0 aliphatic rings. The SMILES string of the molecule is CC(C)(C)[Si](C)(C)OCc1cc(Cl)cc(Cl)c1CN. The van der Waals surface area contributed by atoms with Crippen LogP contribution in [-0.4, -0.2) is 8.32 Å². The van der Waals surface area contributed by atoms with Crippen molar-refractivity contribution in [3.63, 3.8) is 0 Å². The minimum atomic E-state index is -1.79. The van der Waals surface area contributed by atoms with Gasteiger partial charge in [0.1, 0.15) is 0 Å². The number of hydrogen-bond donors (Lipinski definition) is 1. The van der Waals surface area contributed by atoms with Crippen LogP contribution in [0.25, 0.3) is 0 Å². The van der Waals surface area contributed by atoms with Gasteiger partial charge in [0.2, 0.25) is 0 Å². The summed E-state index contributed by atoms with van der Waals surface area (Å²) in [7, 11) is -1.79. The summed E-state index contributed by atoms with van der Waals surface area (Å²) in [5.74, 6) is 0. The fourth-order valence-electron chi connectivity index (χ4n) is 1.49. The second kappa shape index (κ2) is 6.14. The summed E-state index contributed by atoms with van der Waals surface area (Å²) >= 11 is 12.2. The summed E-state index contributed by atoms with van der Waals surface area (Å²) in [4.78, 5) is 0. The molecule has 108 valence electrons. The fraction of sp³-hybridized carbons (Fsp3) is 0.571. The van der Waals surface area contributed by atoms with Gasteiger partial charge in [-0.3, -0.25) is 0 Å². The Bertz CT molecular complexity index is 455. The predicted octanol–water partition coefficient (Wildman–Crippen LogP) is 4.97. The molecule has 19 heavy (non-hydrogen) atoms. The molecule has 0 unspecified atom stereocenters. The van der Waals surface area contributed by atoms with Crippen LogP contribution in [0.4, 0.5) is 0 Å². The second-order valence-electron chi connectivity index (χ2n) is 6.28. The lowest BCUT2D eigenvalue weighted by Crippen LogP contribution is -2.40. The van der Waals surface area contributed by atoms with Gasteiger partial charge in [0, 0.05) is 16.6 Å². The quantitative estimate of drug-likeness (QED) is 0.795. The van der Waals surface area contributed by atoms with E-state index in [1.807, 2.05) is 6.07 Å². The molecule has 5 heteroatoms. The molecule has 2 N–H and O–H groups in total. The highest BCUT2D eigenvalue weighted by Gasteiger charge is 2.37. The number of halogens is 2. The first-order chi connectivity index (χ1) is 8.58. The van der Waals surface area contributed by atoms with E-state index >= 15 is 0 Å². The fourth-order valence-corrected chi connectivity index (χ4v) is 3.05. The van der Waals surface area contributed by atoms with E-state index in [2.05, 4.69) is 33.9 Å². The minimum Gasteiger partial charge on any atom is -0.413 e. The molecular formula is C14H23Cl2NOSi. The van der Waals surface area contributed by atoms with E-state index in [4.69, 9.17) is 33.4 Å². The Morgan fingerprint density at radius 3 is 2.26 bits per heavy atom. The van der Waals surface area contributed by atoms with Gasteiger partial charge in [-0.15, -0.1) is 0 Å². The summed E-state index contributed by atoms with van der Waals surface area (Å²) in [5.41, 5.74) is 7.67. The van der Waals surface area contributed by atoms with Crippen molar-refractivity contribution in [3.05, 3.63) is 33.3 Å². The zero-order chi connectivity index (χ0) is 14.8. The third-order valence-electron chi connectivity index (χ3n) is 3.85. The molecule has 0 amide bonds. The maximum atomic E-state index is 6.20. The Balaban J connectivity index is 2.95. The van der Waals surface area contributed by atoms with Crippen molar-refractivity contribution in [1.29, 1.82) is 0 Å². The van der Waals surface area contributed by atoms with Crippen molar-refractivity contribution >= 4 is 31.5 Å². The number of rotatable bonds is 4. The van der Waals surface area contributed by atoms with Gasteiger partial charge in [0.05, 0.1) is 6.61 Å². The topological polar surface area (TPSA) is 35.2 Å². The van der Waals surface area contributed by atoms with Crippen molar-refractivity contribution in [2.45, 2.75) is 52.1 Å².